The molecule has 1 heterocycles. The number of carbonyl (C=O) groups excluding carboxylic acids is 1. The Morgan fingerprint density at radius 3 is 2.65 bits per heavy atom. The number of amides is 1. The second-order valence-electron chi connectivity index (χ2n) is 3.49. The Labute approximate surface area is 104 Å². The first kappa shape index (κ1) is 11.5. The maximum atomic E-state index is 11.8. The molecule has 17 heavy (non-hydrogen) atoms. The summed E-state index contributed by atoms with van der Waals surface area (Å²) in [7, 11) is 0. The number of aryl methyl sites for hydroxylation is 1. The van der Waals surface area contributed by atoms with Gasteiger partial charge in [0.15, 0.2) is 0 Å². The largest absolute Gasteiger partial charge is 0.290 e. The van der Waals surface area contributed by atoms with E-state index in [4.69, 9.17) is 11.6 Å². The fourth-order valence-electron chi connectivity index (χ4n) is 1.27. The lowest BCUT2D eigenvalue weighted by Gasteiger charge is -2.04. The maximum absolute atomic E-state index is 11.8. The van der Waals surface area contributed by atoms with Crippen LogP contribution in [0.5, 0.6) is 0 Å². The van der Waals surface area contributed by atoms with Crippen LogP contribution < -0.4 is 5.32 Å². The van der Waals surface area contributed by atoms with Gasteiger partial charge in [-0.15, -0.1) is 0 Å². The molecule has 1 amide bonds. The zero-order valence-electron chi connectivity index (χ0n) is 9.14. The number of benzene rings is 1. The summed E-state index contributed by atoms with van der Waals surface area (Å²) in [5.74, 6) is -0.00713. The smallest absolute Gasteiger partial charge is 0.258 e. The molecule has 0 aliphatic heterocycles. The zero-order chi connectivity index (χ0) is 12.3. The Balaban J connectivity index is 2.18. The van der Waals surface area contributed by atoms with Gasteiger partial charge >= 0.3 is 0 Å². The van der Waals surface area contributed by atoms with Gasteiger partial charge in [-0.3, -0.25) is 10.1 Å². The van der Waals surface area contributed by atoms with Crippen LogP contribution in [0.4, 0.5) is 5.95 Å². The Morgan fingerprint density at radius 2 is 2.00 bits per heavy atom. The normalized spacial score (nSPS) is 10.0. The highest BCUT2D eigenvalue weighted by atomic mass is 35.5. The van der Waals surface area contributed by atoms with E-state index in [1.54, 1.807) is 36.7 Å². The summed E-state index contributed by atoms with van der Waals surface area (Å²) in [6, 6.07) is 6.80. The van der Waals surface area contributed by atoms with E-state index in [0.29, 0.717) is 10.6 Å². The van der Waals surface area contributed by atoms with Gasteiger partial charge in [-0.25, -0.2) is 9.97 Å². The number of carbonyl (C=O) groups is 1. The third kappa shape index (κ3) is 2.79. The first-order valence-corrected chi connectivity index (χ1v) is 5.39. The quantitative estimate of drug-likeness (QED) is 0.888. The highest BCUT2D eigenvalue weighted by Crippen LogP contribution is 2.17. The van der Waals surface area contributed by atoms with Crippen LogP contribution in [0, 0.1) is 6.92 Å². The molecule has 0 bridgehead atoms. The van der Waals surface area contributed by atoms with Crippen LogP contribution in [0.3, 0.4) is 0 Å². The molecule has 5 heteroatoms. The summed E-state index contributed by atoms with van der Waals surface area (Å²) >= 11 is 5.95. The second kappa shape index (κ2) is 4.93. The van der Waals surface area contributed by atoms with Crippen molar-refractivity contribution in [3.63, 3.8) is 0 Å². The van der Waals surface area contributed by atoms with Gasteiger partial charge in [-0.05, 0) is 30.7 Å². The zero-order valence-corrected chi connectivity index (χ0v) is 9.90. The second-order valence-corrected chi connectivity index (χ2v) is 3.90. The van der Waals surface area contributed by atoms with E-state index < -0.39 is 0 Å². The Hall–Kier alpha value is -1.94. The highest BCUT2D eigenvalue weighted by Gasteiger charge is 2.08. The van der Waals surface area contributed by atoms with Crippen LogP contribution in [0.25, 0.3) is 0 Å². The van der Waals surface area contributed by atoms with E-state index in [9.17, 15) is 4.79 Å². The molecule has 0 aliphatic rings. The monoisotopic (exact) mass is 247 g/mol. The fourth-order valence-corrected chi connectivity index (χ4v) is 1.45. The van der Waals surface area contributed by atoms with Crippen LogP contribution in [0.1, 0.15) is 15.9 Å². The number of nitrogens with zero attached hydrogens (tertiary/aromatic N) is 2. The third-order valence-corrected chi connectivity index (χ3v) is 2.63. The molecule has 1 aromatic carbocycles. The summed E-state index contributed by atoms with van der Waals surface area (Å²) < 4.78 is 0. The average molecular weight is 248 g/mol. The van der Waals surface area contributed by atoms with E-state index in [1.165, 1.54) is 0 Å². The van der Waals surface area contributed by atoms with Crippen molar-refractivity contribution >= 4 is 23.5 Å². The van der Waals surface area contributed by atoms with Gasteiger partial charge in [0.2, 0.25) is 5.95 Å². The van der Waals surface area contributed by atoms with E-state index in [0.717, 1.165) is 5.56 Å². The van der Waals surface area contributed by atoms with Gasteiger partial charge in [0.05, 0.1) is 0 Å². The Bertz CT molecular complexity index is 543. The van der Waals surface area contributed by atoms with Gasteiger partial charge in [-0.2, -0.15) is 0 Å². The predicted octanol–water partition coefficient (Wildman–Crippen LogP) is 2.69. The molecule has 0 radical (unpaired) electrons. The van der Waals surface area contributed by atoms with Crippen molar-refractivity contribution in [1.82, 2.24) is 9.97 Å². The number of aromatic nitrogens is 2. The van der Waals surface area contributed by atoms with Gasteiger partial charge in [0.1, 0.15) is 0 Å². The summed E-state index contributed by atoms with van der Waals surface area (Å²) in [4.78, 5) is 19.6. The van der Waals surface area contributed by atoms with Crippen molar-refractivity contribution in [2.75, 3.05) is 5.32 Å². The highest BCUT2D eigenvalue weighted by molar-refractivity contribution is 6.31. The molecule has 2 rings (SSSR count). The Morgan fingerprint density at radius 1 is 1.29 bits per heavy atom. The van der Waals surface area contributed by atoms with Gasteiger partial charge < -0.3 is 0 Å². The molecule has 0 saturated heterocycles. The minimum atomic E-state index is -0.280. The summed E-state index contributed by atoms with van der Waals surface area (Å²) in [6.45, 7) is 1.88. The minimum absolute atomic E-state index is 0.272. The lowest BCUT2D eigenvalue weighted by Crippen LogP contribution is -2.13. The molecule has 0 spiro atoms. The number of hydrogen-bond donors (Lipinski definition) is 1. The molecule has 0 saturated carbocycles. The van der Waals surface area contributed by atoms with E-state index >= 15 is 0 Å². The number of nitrogens with one attached hydrogen (secondary N) is 1. The number of rotatable bonds is 2. The van der Waals surface area contributed by atoms with Crippen LogP contribution in [0.2, 0.25) is 5.02 Å². The van der Waals surface area contributed by atoms with Crippen molar-refractivity contribution in [3.05, 3.63) is 52.8 Å². The minimum Gasteiger partial charge on any atom is -0.290 e. The molecular weight excluding hydrogens is 238 g/mol. The SMILES string of the molecule is Cc1ccc(C(=O)Nc2ncccn2)cc1Cl. The first-order valence-electron chi connectivity index (χ1n) is 5.01. The Kier molecular flexibility index (Phi) is 3.35. The molecule has 0 unspecified atom stereocenters. The predicted molar refractivity (Wildman–Crippen MR) is 66.2 cm³/mol. The topological polar surface area (TPSA) is 54.9 Å². The standard InChI is InChI=1S/C12H10ClN3O/c1-8-3-4-9(7-10(8)13)11(17)16-12-14-5-2-6-15-12/h2-7H,1H3,(H,14,15,16,17). The van der Waals surface area contributed by atoms with Crippen molar-refractivity contribution in [3.8, 4) is 0 Å². The van der Waals surface area contributed by atoms with E-state index in [-0.39, 0.29) is 11.9 Å². The average Bonchev–Trinajstić information content (AvgIpc) is 2.34. The van der Waals surface area contributed by atoms with Crippen LogP contribution in [-0.2, 0) is 0 Å². The number of anilines is 1. The summed E-state index contributed by atoms with van der Waals surface area (Å²) in [6.07, 6.45) is 3.12. The van der Waals surface area contributed by atoms with Crippen LogP contribution >= 0.6 is 11.6 Å². The van der Waals surface area contributed by atoms with Gasteiger partial charge in [0, 0.05) is 23.0 Å². The summed E-state index contributed by atoms with van der Waals surface area (Å²) in [5, 5.41) is 3.15. The number of halogens is 1. The van der Waals surface area contributed by atoms with Crippen molar-refractivity contribution in [1.29, 1.82) is 0 Å². The van der Waals surface area contributed by atoms with Gasteiger partial charge in [0.25, 0.3) is 5.91 Å². The van der Waals surface area contributed by atoms with Crippen LogP contribution in [0.15, 0.2) is 36.7 Å². The molecule has 1 aromatic heterocycles. The van der Waals surface area contributed by atoms with E-state index in [1.807, 2.05) is 6.92 Å². The van der Waals surface area contributed by atoms with Crippen molar-refractivity contribution < 1.29 is 4.79 Å². The van der Waals surface area contributed by atoms with Crippen molar-refractivity contribution in [2.24, 2.45) is 0 Å². The lowest BCUT2D eigenvalue weighted by atomic mass is 10.1. The molecule has 4 nitrogen and oxygen atoms in total. The molecule has 0 aliphatic carbocycles. The molecule has 2 aromatic rings. The fraction of sp³-hybridized carbons (Fsp3) is 0.0833. The molecule has 86 valence electrons. The van der Waals surface area contributed by atoms with Crippen LogP contribution in [-0.4, -0.2) is 15.9 Å². The molecule has 1 N–H and O–H groups in total. The maximum Gasteiger partial charge on any atom is 0.258 e. The van der Waals surface area contributed by atoms with Crippen molar-refractivity contribution in [2.45, 2.75) is 6.92 Å². The molecule has 0 fully saturated rings. The number of hydrogen-bond acceptors (Lipinski definition) is 3. The molecular formula is C12H10ClN3O. The van der Waals surface area contributed by atoms with E-state index in [2.05, 4.69) is 15.3 Å². The molecule has 0 atom stereocenters. The lowest BCUT2D eigenvalue weighted by molar-refractivity contribution is 0.102. The van der Waals surface area contributed by atoms with Gasteiger partial charge in [-0.1, -0.05) is 17.7 Å². The first-order chi connectivity index (χ1) is 8.16. The summed E-state index contributed by atoms with van der Waals surface area (Å²) in [5.41, 5.74) is 1.41. The third-order valence-electron chi connectivity index (χ3n) is 2.23.